The monoisotopic (exact) mass is 520 g/mol. The quantitative estimate of drug-likeness (QED) is 0.566. The number of ether oxygens (including phenoxy) is 2. The molecular formula is C28H32N4O6. The number of likely N-dealkylation sites (N-methyl/N-ethyl adjacent to an activating group) is 1. The van der Waals surface area contributed by atoms with E-state index in [9.17, 15) is 24.8 Å². The Labute approximate surface area is 221 Å². The molecule has 38 heavy (non-hydrogen) atoms. The molecule has 0 radical (unpaired) electrons. The van der Waals surface area contributed by atoms with Gasteiger partial charge in [-0.25, -0.2) is 0 Å². The first kappa shape index (κ1) is 25.9. The van der Waals surface area contributed by atoms with Crippen LogP contribution in [0.3, 0.4) is 0 Å². The molecule has 3 aliphatic heterocycles. The summed E-state index contributed by atoms with van der Waals surface area (Å²) in [5.41, 5.74) is 3.34. The zero-order valence-corrected chi connectivity index (χ0v) is 22.4. The molecule has 0 aromatic heterocycles. The second-order valence-electron chi connectivity index (χ2n) is 10.5. The third-order valence-corrected chi connectivity index (χ3v) is 8.61. The molecule has 1 aliphatic carbocycles. The van der Waals surface area contributed by atoms with Crippen LogP contribution in [0.2, 0.25) is 0 Å². The highest BCUT2D eigenvalue weighted by Gasteiger charge is 2.57. The second-order valence-corrected chi connectivity index (χ2v) is 10.5. The van der Waals surface area contributed by atoms with Gasteiger partial charge in [-0.15, -0.1) is 0 Å². The minimum atomic E-state index is -0.721. The van der Waals surface area contributed by atoms with Gasteiger partial charge in [-0.1, -0.05) is 6.07 Å². The van der Waals surface area contributed by atoms with Crippen LogP contribution in [0.15, 0.2) is 28.5 Å². The fourth-order valence-corrected chi connectivity index (χ4v) is 7.05. The Morgan fingerprint density at radius 2 is 1.89 bits per heavy atom. The number of piperazine rings is 1. The molecule has 1 fully saturated rings. The number of phenols is 1. The van der Waals surface area contributed by atoms with Gasteiger partial charge in [-0.3, -0.25) is 24.2 Å². The number of nitrogens with zero attached hydrogens (tertiary/aromatic N) is 3. The average molecular weight is 521 g/mol. The Morgan fingerprint density at radius 3 is 2.50 bits per heavy atom. The van der Waals surface area contributed by atoms with Gasteiger partial charge in [0.2, 0.25) is 11.7 Å². The SMILES string of the molecule is COC1=C(C)C(=O)C2=C(C1=O)C(CNC(C)=O)N1C(C2)[C@@H]2c3c(cc(C)c(OC)c3O)C[C@H]([C@@H]1C#N)N2C. The lowest BCUT2D eigenvalue weighted by atomic mass is 9.69. The van der Waals surface area contributed by atoms with Gasteiger partial charge in [0.25, 0.3) is 0 Å². The van der Waals surface area contributed by atoms with Gasteiger partial charge in [0.1, 0.15) is 6.04 Å². The summed E-state index contributed by atoms with van der Waals surface area (Å²) in [7, 11) is 4.80. The van der Waals surface area contributed by atoms with E-state index in [1.807, 2.05) is 24.9 Å². The molecular weight excluding hydrogens is 488 g/mol. The second kappa shape index (κ2) is 9.26. The van der Waals surface area contributed by atoms with Crippen LogP contribution in [-0.4, -0.2) is 84.4 Å². The summed E-state index contributed by atoms with van der Waals surface area (Å²) in [5, 5.41) is 24.7. The van der Waals surface area contributed by atoms with Gasteiger partial charge in [0, 0.05) is 47.8 Å². The van der Waals surface area contributed by atoms with E-state index in [-0.39, 0.29) is 59.4 Å². The first-order valence-corrected chi connectivity index (χ1v) is 12.7. The first-order chi connectivity index (χ1) is 18.1. The van der Waals surface area contributed by atoms with Gasteiger partial charge in [0.05, 0.1) is 32.4 Å². The van der Waals surface area contributed by atoms with Crippen molar-refractivity contribution < 1.29 is 29.0 Å². The number of fused-ring (bicyclic) bond motifs is 6. The molecule has 1 aromatic carbocycles. The van der Waals surface area contributed by atoms with Crippen molar-refractivity contribution in [3.05, 3.63) is 45.2 Å². The van der Waals surface area contributed by atoms with Crippen molar-refractivity contribution in [2.24, 2.45) is 0 Å². The fourth-order valence-electron chi connectivity index (χ4n) is 7.05. The molecule has 2 unspecified atom stereocenters. The van der Waals surface area contributed by atoms with Gasteiger partial charge >= 0.3 is 0 Å². The topological polar surface area (TPSA) is 132 Å². The predicted molar refractivity (Wildman–Crippen MR) is 136 cm³/mol. The molecule has 4 aliphatic rings. The van der Waals surface area contributed by atoms with Crippen molar-refractivity contribution >= 4 is 17.5 Å². The van der Waals surface area contributed by atoms with Crippen molar-refractivity contribution in [1.29, 1.82) is 5.26 Å². The van der Waals surface area contributed by atoms with Crippen LogP contribution in [0.1, 0.15) is 43.0 Å². The summed E-state index contributed by atoms with van der Waals surface area (Å²) >= 11 is 0. The lowest BCUT2D eigenvalue weighted by Crippen LogP contribution is -2.71. The standard InChI is InChI=1S/C28H32N4O6/c1-12-7-15-8-17-19(10-29)32-18(23(31(17)4)21(15)25(35)27(12)37-5)9-16-22(20(32)11-30-14(3)33)26(36)28(38-6)13(2)24(16)34/h7,17-20,23,35H,8-9,11H2,1-6H3,(H,30,33)/t17-,18?,19+,20?,23-/m1/s1. The van der Waals surface area contributed by atoms with E-state index in [2.05, 4.69) is 16.3 Å². The number of hydrogen-bond donors (Lipinski definition) is 2. The summed E-state index contributed by atoms with van der Waals surface area (Å²) < 4.78 is 10.9. The first-order valence-electron chi connectivity index (χ1n) is 12.7. The predicted octanol–water partition coefficient (Wildman–Crippen LogP) is 1.46. The summed E-state index contributed by atoms with van der Waals surface area (Å²) in [5.74, 6) is -0.518. The van der Waals surface area contributed by atoms with Crippen molar-refractivity contribution in [3.8, 4) is 17.6 Å². The lowest BCUT2D eigenvalue weighted by Gasteiger charge is -2.60. The molecule has 5 atom stereocenters. The molecule has 0 spiro atoms. The van der Waals surface area contributed by atoms with E-state index in [4.69, 9.17) is 9.47 Å². The van der Waals surface area contributed by atoms with E-state index in [1.54, 1.807) is 6.92 Å². The summed E-state index contributed by atoms with van der Waals surface area (Å²) in [6.45, 7) is 4.89. The van der Waals surface area contributed by atoms with E-state index in [1.165, 1.54) is 21.1 Å². The molecule has 1 amide bonds. The number of aryl methyl sites for hydroxylation is 1. The van der Waals surface area contributed by atoms with Crippen molar-refractivity contribution in [2.45, 2.75) is 63.8 Å². The Hall–Kier alpha value is -3.68. The third kappa shape index (κ3) is 3.49. The summed E-state index contributed by atoms with van der Waals surface area (Å²) in [4.78, 5) is 43.3. The van der Waals surface area contributed by atoms with Gasteiger partial charge < -0.3 is 19.9 Å². The van der Waals surface area contributed by atoms with Crippen molar-refractivity contribution in [2.75, 3.05) is 27.8 Å². The normalized spacial score (nSPS) is 28.8. The number of ketones is 2. The number of phenolic OH excluding ortho intramolecular Hbond substituents is 1. The van der Waals surface area contributed by atoms with Crippen LogP contribution >= 0.6 is 0 Å². The minimum absolute atomic E-state index is 0.00828. The molecule has 1 saturated heterocycles. The maximum Gasteiger partial charge on any atom is 0.226 e. The molecule has 10 heteroatoms. The molecule has 0 saturated carbocycles. The maximum atomic E-state index is 13.7. The third-order valence-electron chi connectivity index (χ3n) is 8.61. The average Bonchev–Trinajstić information content (AvgIpc) is 2.86. The van der Waals surface area contributed by atoms with Crippen LogP contribution in [-0.2, 0) is 25.5 Å². The molecule has 2 N–H and O–H groups in total. The number of carbonyl (C=O) groups is 3. The van der Waals surface area contributed by atoms with Crippen LogP contribution in [0.25, 0.3) is 0 Å². The highest BCUT2D eigenvalue weighted by molar-refractivity contribution is 6.25. The van der Waals surface area contributed by atoms with E-state index in [0.717, 1.165) is 11.1 Å². The number of hydrogen-bond acceptors (Lipinski definition) is 9. The van der Waals surface area contributed by atoms with Gasteiger partial charge in [0.15, 0.2) is 23.0 Å². The van der Waals surface area contributed by atoms with E-state index >= 15 is 0 Å². The molecule has 200 valence electrons. The zero-order chi connectivity index (χ0) is 27.6. The smallest absolute Gasteiger partial charge is 0.226 e. The number of amides is 1. The molecule has 1 aromatic rings. The van der Waals surface area contributed by atoms with Crippen molar-refractivity contribution in [1.82, 2.24) is 15.1 Å². The highest BCUT2D eigenvalue weighted by atomic mass is 16.5. The molecule has 3 heterocycles. The summed E-state index contributed by atoms with van der Waals surface area (Å²) in [6, 6.07) is 2.07. The largest absolute Gasteiger partial charge is 0.504 e. The number of aromatic hydroxyl groups is 1. The van der Waals surface area contributed by atoms with Crippen LogP contribution < -0.4 is 10.1 Å². The van der Waals surface area contributed by atoms with Crippen molar-refractivity contribution in [3.63, 3.8) is 0 Å². The van der Waals surface area contributed by atoms with Crippen LogP contribution in [0, 0.1) is 18.3 Å². The summed E-state index contributed by atoms with van der Waals surface area (Å²) in [6.07, 6.45) is 0.718. The minimum Gasteiger partial charge on any atom is -0.504 e. The zero-order valence-electron chi connectivity index (χ0n) is 22.4. The Bertz CT molecular complexity index is 1370. The van der Waals surface area contributed by atoms with E-state index < -0.39 is 23.9 Å². The molecule has 10 nitrogen and oxygen atoms in total. The van der Waals surface area contributed by atoms with E-state index in [0.29, 0.717) is 23.3 Å². The number of carbonyl (C=O) groups excluding carboxylic acids is 3. The van der Waals surface area contributed by atoms with Gasteiger partial charge in [-0.05, 0) is 44.9 Å². The Balaban J connectivity index is 1.74. The van der Waals surface area contributed by atoms with Gasteiger partial charge in [-0.2, -0.15) is 5.26 Å². The molecule has 2 bridgehead atoms. The number of benzene rings is 1. The Kier molecular flexibility index (Phi) is 6.32. The number of allylic oxidation sites excluding steroid dienone is 2. The van der Waals surface area contributed by atoms with Crippen LogP contribution in [0.5, 0.6) is 11.5 Å². The number of nitriles is 1. The maximum absolute atomic E-state index is 13.7. The number of Topliss-reactive ketones (excluding diaryl/α,β-unsaturated/α-hetero) is 2. The highest BCUT2D eigenvalue weighted by Crippen LogP contribution is 2.53. The van der Waals surface area contributed by atoms with Crippen LogP contribution in [0.4, 0.5) is 0 Å². The molecule has 5 rings (SSSR count). The number of nitrogens with one attached hydrogen (secondary N) is 1. The lowest BCUT2D eigenvalue weighted by molar-refractivity contribution is -0.124. The fraction of sp³-hybridized carbons (Fsp3) is 0.500. The number of rotatable bonds is 4. The number of methoxy groups -OCH3 is 2. The Morgan fingerprint density at radius 1 is 1.18 bits per heavy atom.